The Hall–Kier alpha value is -1.36. The molecule has 3 rings (SSSR count). The Labute approximate surface area is 119 Å². The minimum absolute atomic E-state index is 0.0404. The fourth-order valence-electron chi connectivity index (χ4n) is 2.62. The number of amides is 1. The molecule has 5 heteroatoms. The first-order valence-corrected chi connectivity index (χ1v) is 7.25. The highest BCUT2D eigenvalue weighted by atomic mass is 16.4. The van der Waals surface area contributed by atoms with Gasteiger partial charge in [-0.3, -0.25) is 4.79 Å². The van der Waals surface area contributed by atoms with Crippen molar-refractivity contribution in [2.45, 2.75) is 52.0 Å². The maximum Gasteiger partial charge on any atom is 0.231 e. The van der Waals surface area contributed by atoms with Crippen molar-refractivity contribution >= 4 is 5.91 Å². The molecule has 1 aromatic rings. The maximum absolute atomic E-state index is 12.4. The van der Waals surface area contributed by atoms with Crippen LogP contribution in [0.1, 0.15) is 51.0 Å². The zero-order valence-electron chi connectivity index (χ0n) is 12.4. The normalized spacial score (nSPS) is 20.7. The first-order chi connectivity index (χ1) is 9.36. The summed E-state index contributed by atoms with van der Waals surface area (Å²) < 4.78 is 5.83. The summed E-state index contributed by atoms with van der Waals surface area (Å²) in [4.78, 5) is 18.8. The molecule has 0 unspecified atom stereocenters. The van der Waals surface area contributed by atoms with Crippen molar-refractivity contribution in [2.75, 3.05) is 13.2 Å². The summed E-state index contributed by atoms with van der Waals surface area (Å²) in [6.07, 6.45) is 2.32. The van der Waals surface area contributed by atoms with Crippen molar-refractivity contribution in [3.8, 4) is 0 Å². The highest BCUT2D eigenvalue weighted by Gasteiger charge is 2.51. The van der Waals surface area contributed by atoms with E-state index in [1.165, 1.54) is 0 Å². The highest BCUT2D eigenvalue weighted by molar-refractivity contribution is 5.85. The van der Waals surface area contributed by atoms with Crippen molar-refractivity contribution in [2.24, 2.45) is 5.41 Å². The van der Waals surface area contributed by atoms with Gasteiger partial charge in [0.25, 0.3) is 0 Å². The van der Waals surface area contributed by atoms with Gasteiger partial charge in [-0.2, -0.15) is 0 Å². The Bertz CT molecular complexity index is 538. The number of carbonyl (C=O) groups excluding carboxylic acids is 1. The first kappa shape index (κ1) is 13.6. The average Bonchev–Trinajstić information content (AvgIpc) is 3.07. The molecule has 2 aliphatic rings. The molecule has 1 saturated carbocycles. The number of oxazole rings is 1. The molecule has 1 aliphatic carbocycles. The van der Waals surface area contributed by atoms with E-state index in [9.17, 15) is 9.90 Å². The Kier molecular flexibility index (Phi) is 2.94. The summed E-state index contributed by atoms with van der Waals surface area (Å²) in [6, 6.07) is 0. The lowest BCUT2D eigenvalue weighted by Gasteiger charge is -2.28. The van der Waals surface area contributed by atoms with Crippen LogP contribution in [0.2, 0.25) is 0 Å². The van der Waals surface area contributed by atoms with E-state index < -0.39 is 5.41 Å². The van der Waals surface area contributed by atoms with E-state index in [1.807, 2.05) is 4.90 Å². The summed E-state index contributed by atoms with van der Waals surface area (Å²) in [6.45, 7) is 7.33. The third-order valence-corrected chi connectivity index (χ3v) is 4.27. The molecule has 0 aromatic carbocycles. The third kappa shape index (κ3) is 2.14. The minimum Gasteiger partial charge on any atom is -0.445 e. The van der Waals surface area contributed by atoms with Crippen LogP contribution in [0.4, 0.5) is 0 Å². The Morgan fingerprint density at radius 1 is 1.45 bits per heavy atom. The summed E-state index contributed by atoms with van der Waals surface area (Å²) in [7, 11) is 0. The number of nitrogens with zero attached hydrogens (tertiary/aromatic N) is 2. The average molecular weight is 278 g/mol. The molecule has 0 spiro atoms. The fraction of sp³-hybridized carbons (Fsp3) is 0.733. The fourth-order valence-corrected chi connectivity index (χ4v) is 2.62. The minimum atomic E-state index is -0.492. The van der Waals surface area contributed by atoms with Gasteiger partial charge in [-0.25, -0.2) is 4.98 Å². The molecular weight excluding hydrogens is 256 g/mol. The van der Waals surface area contributed by atoms with Crippen molar-refractivity contribution < 1.29 is 14.3 Å². The van der Waals surface area contributed by atoms with Gasteiger partial charge in [-0.1, -0.05) is 20.8 Å². The Morgan fingerprint density at radius 2 is 2.15 bits per heavy atom. The van der Waals surface area contributed by atoms with Crippen molar-refractivity contribution in [3.05, 3.63) is 17.3 Å². The standard InChI is InChI=1S/C15H22N2O3/c1-14(2,3)12-16-10-8-17(7-4-11(10)20-12)13(19)15(9-18)5-6-15/h18H,4-9H2,1-3H3. The smallest absolute Gasteiger partial charge is 0.231 e. The van der Waals surface area contributed by atoms with Crippen LogP contribution in [0, 0.1) is 5.41 Å². The van der Waals surface area contributed by atoms with E-state index in [0.29, 0.717) is 19.5 Å². The zero-order valence-corrected chi connectivity index (χ0v) is 12.4. The molecule has 1 aromatic heterocycles. The number of rotatable bonds is 2. The van der Waals surface area contributed by atoms with Gasteiger partial charge in [0.2, 0.25) is 5.91 Å². The van der Waals surface area contributed by atoms with E-state index in [1.54, 1.807) is 0 Å². The van der Waals surface area contributed by atoms with Gasteiger partial charge >= 0.3 is 0 Å². The van der Waals surface area contributed by atoms with E-state index in [4.69, 9.17) is 4.42 Å². The van der Waals surface area contributed by atoms with Gasteiger partial charge in [-0.15, -0.1) is 0 Å². The molecule has 1 N–H and O–H groups in total. The van der Waals surface area contributed by atoms with Gasteiger partial charge in [0, 0.05) is 18.4 Å². The Morgan fingerprint density at radius 3 is 2.70 bits per heavy atom. The largest absolute Gasteiger partial charge is 0.445 e. The summed E-state index contributed by atoms with van der Waals surface area (Å²) in [5.74, 6) is 1.72. The van der Waals surface area contributed by atoms with Crippen LogP contribution >= 0.6 is 0 Å². The van der Waals surface area contributed by atoms with Crippen molar-refractivity contribution in [1.82, 2.24) is 9.88 Å². The number of aliphatic hydroxyl groups is 1. The molecule has 0 bridgehead atoms. The second kappa shape index (κ2) is 4.32. The van der Waals surface area contributed by atoms with Gasteiger partial charge in [0.05, 0.1) is 18.6 Å². The zero-order chi connectivity index (χ0) is 14.5. The van der Waals surface area contributed by atoms with Crippen LogP contribution in [-0.4, -0.2) is 34.0 Å². The van der Waals surface area contributed by atoms with Crippen LogP contribution < -0.4 is 0 Å². The topological polar surface area (TPSA) is 66.6 Å². The van der Waals surface area contributed by atoms with Crippen molar-refractivity contribution in [3.63, 3.8) is 0 Å². The molecule has 20 heavy (non-hydrogen) atoms. The van der Waals surface area contributed by atoms with Crippen LogP contribution in [0.3, 0.4) is 0 Å². The predicted molar refractivity (Wildman–Crippen MR) is 73.1 cm³/mol. The quantitative estimate of drug-likeness (QED) is 0.893. The molecule has 0 atom stereocenters. The summed E-state index contributed by atoms with van der Waals surface area (Å²) >= 11 is 0. The molecule has 110 valence electrons. The van der Waals surface area contributed by atoms with E-state index in [-0.39, 0.29) is 17.9 Å². The molecule has 1 amide bonds. The molecule has 1 aliphatic heterocycles. The maximum atomic E-state index is 12.4. The summed E-state index contributed by atoms with van der Waals surface area (Å²) in [5, 5.41) is 9.38. The number of aromatic nitrogens is 1. The van der Waals surface area contributed by atoms with Gasteiger partial charge in [-0.05, 0) is 12.8 Å². The van der Waals surface area contributed by atoms with Gasteiger partial charge in [0.1, 0.15) is 11.5 Å². The van der Waals surface area contributed by atoms with Crippen LogP contribution in [0.15, 0.2) is 4.42 Å². The van der Waals surface area contributed by atoms with Crippen LogP contribution in [-0.2, 0) is 23.2 Å². The van der Waals surface area contributed by atoms with Crippen LogP contribution in [0.5, 0.6) is 0 Å². The third-order valence-electron chi connectivity index (χ3n) is 4.27. The molecule has 0 saturated heterocycles. The van der Waals surface area contributed by atoms with Gasteiger partial charge in [0.15, 0.2) is 5.89 Å². The molecule has 1 fully saturated rings. The number of aliphatic hydroxyl groups excluding tert-OH is 1. The highest BCUT2D eigenvalue weighted by Crippen LogP contribution is 2.47. The van der Waals surface area contributed by atoms with Crippen molar-refractivity contribution in [1.29, 1.82) is 0 Å². The number of hydrogen-bond donors (Lipinski definition) is 1. The second-order valence-corrected chi connectivity index (χ2v) is 7.05. The monoisotopic (exact) mass is 278 g/mol. The van der Waals surface area contributed by atoms with E-state index in [0.717, 1.165) is 30.2 Å². The Balaban J connectivity index is 1.79. The number of carbonyl (C=O) groups is 1. The van der Waals surface area contributed by atoms with E-state index >= 15 is 0 Å². The SMILES string of the molecule is CC(C)(C)c1nc2c(o1)CCN(C(=O)C1(CO)CC1)C2. The lowest BCUT2D eigenvalue weighted by Crippen LogP contribution is -2.41. The second-order valence-electron chi connectivity index (χ2n) is 7.05. The van der Waals surface area contributed by atoms with E-state index in [2.05, 4.69) is 25.8 Å². The van der Waals surface area contributed by atoms with Gasteiger partial charge < -0.3 is 14.4 Å². The molecule has 0 radical (unpaired) electrons. The molecule has 2 heterocycles. The molecular formula is C15H22N2O3. The number of fused-ring (bicyclic) bond motifs is 1. The lowest BCUT2D eigenvalue weighted by molar-refractivity contribution is -0.139. The summed E-state index contributed by atoms with van der Waals surface area (Å²) in [5.41, 5.74) is 0.270. The lowest BCUT2D eigenvalue weighted by atomic mass is 9.97. The first-order valence-electron chi connectivity index (χ1n) is 7.25. The molecule has 5 nitrogen and oxygen atoms in total. The number of hydrogen-bond acceptors (Lipinski definition) is 4. The van der Waals surface area contributed by atoms with Crippen LogP contribution in [0.25, 0.3) is 0 Å². The predicted octanol–water partition coefficient (Wildman–Crippen LogP) is 1.63.